The largest absolute Gasteiger partial charge is 0.414 e. The molecule has 2 aromatic rings. The number of carbonyl (C=O) groups excluding carboxylic acids is 1. The molecule has 1 amide bonds. The number of carbonyl (C=O) groups is 1. The lowest BCUT2D eigenvalue weighted by molar-refractivity contribution is -0.114. The van der Waals surface area contributed by atoms with Gasteiger partial charge in [0.25, 0.3) is 0 Å². The van der Waals surface area contributed by atoms with Crippen LogP contribution in [0.4, 0.5) is 5.95 Å². The number of fused-ring (bicyclic) bond motifs is 2. The van der Waals surface area contributed by atoms with Gasteiger partial charge >= 0.3 is 17.1 Å². The first-order valence-corrected chi connectivity index (χ1v) is 17.9. The van der Waals surface area contributed by atoms with Gasteiger partial charge in [-0.2, -0.15) is 9.97 Å². The molecular formula is C25H42ClN5O5Si2. The molecule has 4 rings (SSSR count). The van der Waals surface area contributed by atoms with Crippen molar-refractivity contribution in [3.63, 3.8) is 0 Å². The van der Waals surface area contributed by atoms with Crippen molar-refractivity contribution < 1.29 is 22.5 Å². The molecular weight excluding hydrogens is 542 g/mol. The Morgan fingerprint density at radius 3 is 2.21 bits per heavy atom. The molecule has 212 valence electrons. The summed E-state index contributed by atoms with van der Waals surface area (Å²) in [5.74, 6) is -0.219. The van der Waals surface area contributed by atoms with Gasteiger partial charge in [0.2, 0.25) is 11.9 Å². The zero-order valence-electron chi connectivity index (χ0n) is 24.1. The second-order valence-corrected chi connectivity index (χ2v) is 21.0. The summed E-state index contributed by atoms with van der Waals surface area (Å²) in [5.41, 5.74) is 1.89. The van der Waals surface area contributed by atoms with Crippen molar-refractivity contribution >= 4 is 51.7 Å². The summed E-state index contributed by atoms with van der Waals surface area (Å²) in [6.07, 6.45) is 0.731. The highest BCUT2D eigenvalue weighted by Gasteiger charge is 2.61. The third kappa shape index (κ3) is 4.97. The van der Waals surface area contributed by atoms with Crippen molar-refractivity contribution in [1.29, 1.82) is 0 Å². The molecule has 13 heteroatoms. The van der Waals surface area contributed by atoms with Gasteiger partial charge in [0.15, 0.2) is 10.8 Å². The van der Waals surface area contributed by atoms with E-state index in [1.54, 1.807) is 6.33 Å². The SMILES string of the molecule is CC(=O)Nc1nc(Cl)c2ncn([C@@H]3O[C@@H]4CO[Si](C(C)C)(C(C)C)O[Si](C(C)C)(C(C)C)O[C@H]4[C@H]3C)c2n1. The Labute approximate surface area is 232 Å². The second kappa shape index (κ2) is 10.9. The molecule has 2 aliphatic rings. The maximum absolute atomic E-state index is 11.6. The molecule has 1 N–H and O–H groups in total. The van der Waals surface area contributed by atoms with Gasteiger partial charge in [0, 0.05) is 12.8 Å². The van der Waals surface area contributed by atoms with E-state index in [2.05, 4.69) is 82.6 Å². The Balaban J connectivity index is 1.78. The summed E-state index contributed by atoms with van der Waals surface area (Å²) < 4.78 is 30.0. The summed E-state index contributed by atoms with van der Waals surface area (Å²) in [6, 6.07) is 0. The number of ether oxygens (including phenoxy) is 1. The van der Waals surface area contributed by atoms with E-state index >= 15 is 0 Å². The number of amides is 1. The quantitative estimate of drug-likeness (QED) is 0.329. The maximum Gasteiger partial charge on any atom is 0.335 e. The van der Waals surface area contributed by atoms with E-state index in [1.807, 2.05) is 4.57 Å². The molecule has 10 nitrogen and oxygen atoms in total. The molecule has 2 saturated heterocycles. The molecule has 38 heavy (non-hydrogen) atoms. The van der Waals surface area contributed by atoms with Gasteiger partial charge in [-0.05, 0) is 22.2 Å². The third-order valence-electron chi connectivity index (χ3n) is 7.92. The standard InChI is InChI=1S/C25H42ClN5O5Si2/c1-13(2)37(14(3)4)33-11-19-21(35-38(36-37,15(5)6)16(7)8)17(9)24(34-19)31-12-27-20-22(26)29-25(28-18(10)32)30-23(20)31/h12-17,19,21,24H,11H2,1-10H3,(H,28,29,30,32)/t17-,19-,21+,24-/m1/s1. The Hall–Kier alpha value is -1.42. The van der Waals surface area contributed by atoms with E-state index in [-0.39, 0.29) is 57.3 Å². The van der Waals surface area contributed by atoms with Crippen LogP contribution in [0.3, 0.4) is 0 Å². The van der Waals surface area contributed by atoms with Gasteiger partial charge in [-0.25, -0.2) is 4.98 Å². The number of hydrogen-bond donors (Lipinski definition) is 1. The highest BCUT2D eigenvalue weighted by molar-refractivity contribution is 6.84. The fraction of sp³-hybridized carbons (Fsp3) is 0.760. The smallest absolute Gasteiger partial charge is 0.335 e. The van der Waals surface area contributed by atoms with E-state index in [9.17, 15) is 4.79 Å². The molecule has 0 bridgehead atoms. The van der Waals surface area contributed by atoms with Crippen LogP contribution in [0.1, 0.15) is 75.5 Å². The first-order chi connectivity index (χ1) is 17.7. The number of aromatic nitrogens is 4. The fourth-order valence-electron chi connectivity index (χ4n) is 5.94. The van der Waals surface area contributed by atoms with Crippen LogP contribution in [0.15, 0.2) is 6.33 Å². The van der Waals surface area contributed by atoms with E-state index in [0.29, 0.717) is 17.8 Å². The Kier molecular flexibility index (Phi) is 8.45. The molecule has 2 fully saturated rings. The fourth-order valence-corrected chi connectivity index (χ4v) is 17.4. The average Bonchev–Trinajstić information content (AvgIpc) is 3.33. The van der Waals surface area contributed by atoms with Crippen LogP contribution in [0, 0.1) is 5.92 Å². The summed E-state index contributed by atoms with van der Waals surface area (Å²) in [5, 5.41) is 2.77. The topological polar surface area (TPSA) is 110 Å². The van der Waals surface area contributed by atoms with Crippen LogP contribution in [0.2, 0.25) is 27.3 Å². The van der Waals surface area contributed by atoms with E-state index in [4.69, 9.17) is 29.3 Å². The number of imidazole rings is 1. The van der Waals surface area contributed by atoms with Crippen LogP contribution >= 0.6 is 11.6 Å². The summed E-state index contributed by atoms with van der Waals surface area (Å²) in [6.45, 7) is 21.6. The zero-order valence-corrected chi connectivity index (χ0v) is 26.9. The first kappa shape index (κ1) is 29.6. The molecule has 4 atom stereocenters. The van der Waals surface area contributed by atoms with Crippen LogP contribution in [-0.2, 0) is 22.5 Å². The second-order valence-electron chi connectivity index (χ2n) is 11.8. The molecule has 0 radical (unpaired) electrons. The van der Waals surface area contributed by atoms with Gasteiger partial charge < -0.3 is 17.7 Å². The maximum atomic E-state index is 11.6. The lowest BCUT2D eigenvalue weighted by Crippen LogP contribution is -2.65. The Morgan fingerprint density at radius 2 is 1.66 bits per heavy atom. The Morgan fingerprint density at radius 1 is 1.05 bits per heavy atom. The number of nitrogens with one attached hydrogen (secondary N) is 1. The van der Waals surface area contributed by atoms with Crippen LogP contribution in [-0.4, -0.2) is 61.4 Å². The predicted molar refractivity (Wildman–Crippen MR) is 152 cm³/mol. The molecule has 0 spiro atoms. The van der Waals surface area contributed by atoms with Gasteiger partial charge in [-0.15, -0.1) is 0 Å². The summed E-state index contributed by atoms with van der Waals surface area (Å²) in [4.78, 5) is 24.8. The van der Waals surface area contributed by atoms with Crippen LogP contribution < -0.4 is 5.32 Å². The minimum atomic E-state index is -2.78. The minimum Gasteiger partial charge on any atom is -0.414 e. The number of hydrogen-bond acceptors (Lipinski definition) is 8. The third-order valence-corrected chi connectivity index (χ3v) is 18.4. The van der Waals surface area contributed by atoms with Crippen molar-refractivity contribution in [3.8, 4) is 0 Å². The van der Waals surface area contributed by atoms with Gasteiger partial charge in [0.1, 0.15) is 17.8 Å². The van der Waals surface area contributed by atoms with Crippen molar-refractivity contribution in [1.82, 2.24) is 19.5 Å². The predicted octanol–water partition coefficient (Wildman–Crippen LogP) is 5.93. The number of anilines is 1. The van der Waals surface area contributed by atoms with E-state index in [1.165, 1.54) is 6.92 Å². The molecule has 2 aromatic heterocycles. The normalized spacial score (nSPS) is 27.2. The van der Waals surface area contributed by atoms with Crippen molar-refractivity contribution in [2.24, 2.45) is 5.92 Å². The van der Waals surface area contributed by atoms with E-state index in [0.717, 1.165) is 0 Å². The summed E-state index contributed by atoms with van der Waals surface area (Å²) in [7, 11) is -5.44. The zero-order chi connectivity index (χ0) is 28.2. The van der Waals surface area contributed by atoms with Crippen molar-refractivity contribution in [3.05, 3.63) is 11.5 Å². The van der Waals surface area contributed by atoms with Gasteiger partial charge in [-0.1, -0.05) is 73.9 Å². The minimum absolute atomic E-state index is 0.0563. The molecule has 0 aromatic carbocycles. The van der Waals surface area contributed by atoms with Crippen LogP contribution in [0.5, 0.6) is 0 Å². The molecule has 0 aliphatic carbocycles. The van der Waals surface area contributed by atoms with Crippen LogP contribution in [0.25, 0.3) is 11.2 Å². The molecule has 4 heterocycles. The Bertz CT molecular complexity index is 1160. The first-order valence-electron chi connectivity index (χ1n) is 13.6. The van der Waals surface area contributed by atoms with Crippen molar-refractivity contribution in [2.45, 2.75) is 110 Å². The molecule has 0 unspecified atom stereocenters. The molecule has 2 aliphatic heterocycles. The number of rotatable bonds is 6. The monoisotopic (exact) mass is 583 g/mol. The number of nitrogens with zero attached hydrogens (tertiary/aromatic N) is 4. The highest BCUT2D eigenvalue weighted by Crippen LogP contribution is 2.49. The lowest BCUT2D eigenvalue weighted by atomic mass is 10.0. The van der Waals surface area contributed by atoms with E-state index < -0.39 is 23.3 Å². The summed E-state index contributed by atoms with van der Waals surface area (Å²) >= 11 is 6.39. The van der Waals surface area contributed by atoms with Crippen molar-refractivity contribution in [2.75, 3.05) is 11.9 Å². The number of halogens is 1. The lowest BCUT2D eigenvalue weighted by Gasteiger charge is -2.51. The molecule has 0 saturated carbocycles. The van der Waals surface area contributed by atoms with Gasteiger partial charge in [0.05, 0.1) is 19.0 Å². The van der Waals surface area contributed by atoms with Gasteiger partial charge in [-0.3, -0.25) is 14.7 Å². The average molecular weight is 584 g/mol. The highest BCUT2D eigenvalue weighted by atomic mass is 35.5.